The van der Waals surface area contributed by atoms with Gasteiger partial charge in [0.15, 0.2) is 0 Å². The van der Waals surface area contributed by atoms with Gasteiger partial charge >= 0.3 is 0 Å². The van der Waals surface area contributed by atoms with Gasteiger partial charge in [0.25, 0.3) is 0 Å². The molecule has 1 aromatic carbocycles. The second-order valence-corrected chi connectivity index (χ2v) is 2.82. The minimum atomic E-state index is 0.153. The van der Waals surface area contributed by atoms with Crippen LogP contribution in [0.3, 0.4) is 0 Å². The molecule has 0 aliphatic carbocycles. The lowest BCUT2D eigenvalue weighted by Gasteiger charge is -2.04. The Labute approximate surface area is 76.7 Å². The molecule has 0 fully saturated rings. The first-order valence-corrected chi connectivity index (χ1v) is 4.20. The lowest BCUT2D eigenvalue weighted by Crippen LogP contribution is -1.99. The molecule has 0 saturated heterocycles. The van der Waals surface area contributed by atoms with Crippen molar-refractivity contribution in [3.8, 4) is 5.75 Å². The summed E-state index contributed by atoms with van der Waals surface area (Å²) in [5, 5.41) is 9.16. The molecule has 0 aliphatic heterocycles. The zero-order valence-electron chi connectivity index (χ0n) is 6.66. The monoisotopic (exact) mass is 186 g/mol. The van der Waals surface area contributed by atoms with Gasteiger partial charge in [-0.3, -0.25) is 0 Å². The Morgan fingerprint density at radius 1 is 1.42 bits per heavy atom. The van der Waals surface area contributed by atoms with E-state index in [0.29, 0.717) is 18.1 Å². The largest absolute Gasteiger partial charge is 0.493 e. The van der Waals surface area contributed by atoms with Crippen LogP contribution >= 0.6 is 11.6 Å². The highest BCUT2D eigenvalue weighted by Gasteiger charge is 1.93. The second-order valence-electron chi connectivity index (χ2n) is 2.38. The summed E-state index contributed by atoms with van der Waals surface area (Å²) in [5.74, 6) is 0.746. The van der Waals surface area contributed by atoms with E-state index in [1.165, 1.54) is 0 Å². The van der Waals surface area contributed by atoms with Crippen LogP contribution in [0.4, 0.5) is 0 Å². The molecule has 1 N–H and O–H groups in total. The summed E-state index contributed by atoms with van der Waals surface area (Å²) in [6, 6.07) is 7.21. The van der Waals surface area contributed by atoms with E-state index in [4.69, 9.17) is 21.4 Å². The van der Waals surface area contributed by atoms with Gasteiger partial charge in [-0.25, -0.2) is 0 Å². The van der Waals surface area contributed by atoms with Gasteiger partial charge in [-0.05, 0) is 18.2 Å². The summed E-state index contributed by atoms with van der Waals surface area (Å²) in [6.45, 7) is 0.678. The first-order valence-electron chi connectivity index (χ1n) is 3.82. The first-order chi connectivity index (χ1) is 5.83. The fraction of sp³-hybridized carbons (Fsp3) is 0.333. The number of ether oxygens (including phenoxy) is 1. The van der Waals surface area contributed by atoms with Crippen LogP contribution in [0.1, 0.15) is 6.42 Å². The Morgan fingerprint density at radius 2 is 2.25 bits per heavy atom. The molecule has 0 bridgehead atoms. The van der Waals surface area contributed by atoms with Crippen molar-refractivity contribution in [2.75, 3.05) is 13.2 Å². The van der Waals surface area contributed by atoms with E-state index in [9.17, 15) is 0 Å². The molecule has 2 nitrogen and oxygen atoms in total. The van der Waals surface area contributed by atoms with Crippen molar-refractivity contribution in [1.29, 1.82) is 0 Å². The van der Waals surface area contributed by atoms with Crippen LogP contribution in [0.15, 0.2) is 24.3 Å². The minimum absolute atomic E-state index is 0.153. The standard InChI is InChI=1S/C9H11ClO2/c10-8-3-1-4-9(7-8)12-6-2-5-11/h1,3-4,7,11H,2,5-6H2. The molecule has 0 saturated carbocycles. The van der Waals surface area contributed by atoms with E-state index in [1.54, 1.807) is 12.1 Å². The molecule has 0 radical (unpaired) electrons. The van der Waals surface area contributed by atoms with Crippen molar-refractivity contribution in [2.24, 2.45) is 0 Å². The fourth-order valence-corrected chi connectivity index (χ4v) is 0.992. The molecular weight excluding hydrogens is 176 g/mol. The molecule has 0 spiro atoms. The summed E-state index contributed by atoms with van der Waals surface area (Å²) in [5.41, 5.74) is 0. The van der Waals surface area contributed by atoms with Crippen LogP contribution in [0.2, 0.25) is 5.02 Å². The predicted molar refractivity (Wildman–Crippen MR) is 48.6 cm³/mol. The first kappa shape index (κ1) is 9.36. The molecule has 0 heterocycles. The van der Waals surface area contributed by atoms with E-state index in [-0.39, 0.29) is 6.61 Å². The van der Waals surface area contributed by atoms with Crippen molar-refractivity contribution in [3.05, 3.63) is 29.3 Å². The molecule has 0 unspecified atom stereocenters. The minimum Gasteiger partial charge on any atom is -0.493 e. The highest BCUT2D eigenvalue weighted by Crippen LogP contribution is 2.16. The Hall–Kier alpha value is -0.730. The van der Waals surface area contributed by atoms with Crippen molar-refractivity contribution in [1.82, 2.24) is 0 Å². The van der Waals surface area contributed by atoms with Gasteiger partial charge in [0.05, 0.1) is 6.61 Å². The molecule has 3 heteroatoms. The third kappa shape index (κ3) is 3.11. The lowest BCUT2D eigenvalue weighted by molar-refractivity contribution is 0.233. The van der Waals surface area contributed by atoms with Crippen LogP contribution in [-0.4, -0.2) is 18.3 Å². The third-order valence-corrected chi connectivity index (χ3v) is 1.60. The van der Waals surface area contributed by atoms with Gasteiger partial charge in [-0.15, -0.1) is 0 Å². The van der Waals surface area contributed by atoms with Gasteiger partial charge < -0.3 is 9.84 Å². The van der Waals surface area contributed by atoms with E-state index in [0.717, 1.165) is 5.75 Å². The molecule has 66 valence electrons. The smallest absolute Gasteiger partial charge is 0.120 e. The van der Waals surface area contributed by atoms with E-state index in [2.05, 4.69) is 0 Å². The lowest BCUT2D eigenvalue weighted by atomic mass is 10.3. The molecular formula is C9H11ClO2. The molecule has 0 amide bonds. The summed E-state index contributed by atoms with van der Waals surface area (Å²) in [7, 11) is 0. The molecule has 0 atom stereocenters. The Morgan fingerprint density at radius 3 is 2.92 bits per heavy atom. The zero-order chi connectivity index (χ0) is 8.81. The van der Waals surface area contributed by atoms with Crippen molar-refractivity contribution in [2.45, 2.75) is 6.42 Å². The van der Waals surface area contributed by atoms with Gasteiger partial charge in [0.2, 0.25) is 0 Å². The summed E-state index contributed by atoms with van der Waals surface area (Å²) < 4.78 is 5.28. The van der Waals surface area contributed by atoms with Gasteiger partial charge in [-0.2, -0.15) is 0 Å². The second kappa shape index (κ2) is 5.01. The van der Waals surface area contributed by atoms with Crippen LogP contribution in [0, 0.1) is 0 Å². The maximum atomic E-state index is 8.49. The Bertz CT molecular complexity index is 238. The number of hydrogen-bond donors (Lipinski definition) is 1. The normalized spacial score (nSPS) is 9.83. The summed E-state index contributed by atoms with van der Waals surface area (Å²) >= 11 is 5.73. The number of aliphatic hydroxyl groups is 1. The number of benzene rings is 1. The quantitative estimate of drug-likeness (QED) is 0.730. The molecule has 1 rings (SSSR count). The highest BCUT2D eigenvalue weighted by molar-refractivity contribution is 6.30. The molecule has 0 aromatic heterocycles. The zero-order valence-corrected chi connectivity index (χ0v) is 7.42. The topological polar surface area (TPSA) is 29.5 Å². The third-order valence-electron chi connectivity index (χ3n) is 1.37. The molecule has 1 aromatic rings. The van der Waals surface area contributed by atoms with Crippen molar-refractivity contribution < 1.29 is 9.84 Å². The van der Waals surface area contributed by atoms with E-state index >= 15 is 0 Å². The van der Waals surface area contributed by atoms with Crippen LogP contribution in [0.5, 0.6) is 5.75 Å². The summed E-state index contributed by atoms with van der Waals surface area (Å²) in [4.78, 5) is 0. The summed E-state index contributed by atoms with van der Waals surface area (Å²) in [6.07, 6.45) is 0.645. The van der Waals surface area contributed by atoms with Crippen LogP contribution in [-0.2, 0) is 0 Å². The van der Waals surface area contributed by atoms with Crippen LogP contribution in [0.25, 0.3) is 0 Å². The predicted octanol–water partition coefficient (Wildman–Crippen LogP) is 2.10. The number of hydrogen-bond acceptors (Lipinski definition) is 2. The van der Waals surface area contributed by atoms with Gasteiger partial charge in [0, 0.05) is 18.1 Å². The average Bonchev–Trinajstić information content (AvgIpc) is 2.05. The number of rotatable bonds is 4. The Kier molecular flexibility index (Phi) is 3.91. The Balaban J connectivity index is 2.41. The molecule has 12 heavy (non-hydrogen) atoms. The van der Waals surface area contributed by atoms with E-state index < -0.39 is 0 Å². The van der Waals surface area contributed by atoms with Crippen molar-refractivity contribution in [3.63, 3.8) is 0 Å². The van der Waals surface area contributed by atoms with Gasteiger partial charge in [0.1, 0.15) is 5.75 Å². The van der Waals surface area contributed by atoms with Gasteiger partial charge in [-0.1, -0.05) is 17.7 Å². The number of aliphatic hydroxyl groups excluding tert-OH is 1. The maximum absolute atomic E-state index is 8.49. The fourth-order valence-electron chi connectivity index (χ4n) is 0.811. The molecule has 0 aliphatic rings. The maximum Gasteiger partial charge on any atom is 0.120 e. The average molecular weight is 187 g/mol. The van der Waals surface area contributed by atoms with Crippen LogP contribution < -0.4 is 4.74 Å². The van der Waals surface area contributed by atoms with E-state index in [1.807, 2.05) is 12.1 Å². The van der Waals surface area contributed by atoms with Crippen molar-refractivity contribution >= 4 is 11.6 Å². The number of halogens is 1. The highest BCUT2D eigenvalue weighted by atomic mass is 35.5. The SMILES string of the molecule is OCCCOc1cccc(Cl)c1.